The van der Waals surface area contributed by atoms with E-state index in [1.807, 2.05) is 14.0 Å². The molecule has 0 radical (unpaired) electrons. The van der Waals surface area contributed by atoms with E-state index in [1.54, 1.807) is 37.5 Å². The number of benzene rings is 1. The smallest absolute Gasteiger partial charge is 0.247 e. The Morgan fingerprint density at radius 2 is 2.04 bits per heavy atom. The van der Waals surface area contributed by atoms with Crippen molar-refractivity contribution in [2.45, 2.75) is 30.9 Å². The van der Waals surface area contributed by atoms with Crippen LogP contribution in [-0.2, 0) is 10.0 Å². The van der Waals surface area contributed by atoms with E-state index in [0.29, 0.717) is 12.3 Å². The lowest BCUT2D eigenvalue weighted by Crippen LogP contribution is -2.49. The molecule has 1 aliphatic heterocycles. The van der Waals surface area contributed by atoms with Gasteiger partial charge in [-0.05, 0) is 31.7 Å². The minimum absolute atomic E-state index is 0.0758. The molecule has 0 fully saturated rings. The van der Waals surface area contributed by atoms with Gasteiger partial charge >= 0.3 is 0 Å². The van der Waals surface area contributed by atoms with Crippen LogP contribution in [0.25, 0.3) is 11.1 Å². The van der Waals surface area contributed by atoms with Gasteiger partial charge in [0.25, 0.3) is 0 Å². The second-order valence-electron chi connectivity index (χ2n) is 7.09. The number of aliphatic hydroxyl groups excluding tert-OH is 1. The molecule has 3 rings (SSSR count). The van der Waals surface area contributed by atoms with E-state index in [4.69, 9.17) is 4.74 Å². The molecule has 1 aliphatic rings. The van der Waals surface area contributed by atoms with Crippen LogP contribution in [0.2, 0.25) is 0 Å². The average molecular weight is 407 g/mol. The number of rotatable bonds is 5. The van der Waals surface area contributed by atoms with Gasteiger partial charge in [-0.2, -0.15) is 4.31 Å². The summed E-state index contributed by atoms with van der Waals surface area (Å²) >= 11 is 0. The third-order valence-corrected chi connectivity index (χ3v) is 6.99. The van der Waals surface area contributed by atoms with Crippen molar-refractivity contribution < 1.29 is 18.3 Å². The molecule has 2 N–H and O–H groups in total. The maximum atomic E-state index is 13.3. The van der Waals surface area contributed by atoms with Crippen LogP contribution in [0.3, 0.4) is 0 Å². The molecule has 28 heavy (non-hydrogen) atoms. The van der Waals surface area contributed by atoms with Crippen LogP contribution < -0.4 is 10.1 Å². The zero-order valence-corrected chi connectivity index (χ0v) is 17.1. The van der Waals surface area contributed by atoms with E-state index < -0.39 is 16.1 Å². The molecule has 1 aromatic carbocycles. The van der Waals surface area contributed by atoms with Gasteiger partial charge in [0.05, 0.1) is 6.61 Å². The van der Waals surface area contributed by atoms with Gasteiger partial charge in [-0.1, -0.05) is 13.0 Å². The van der Waals surface area contributed by atoms with E-state index in [-0.39, 0.29) is 30.1 Å². The first-order valence-electron chi connectivity index (χ1n) is 9.22. The van der Waals surface area contributed by atoms with Crippen molar-refractivity contribution in [2.75, 3.05) is 26.7 Å². The number of hydrogen-bond donors (Lipinski definition) is 2. The molecule has 3 atom stereocenters. The van der Waals surface area contributed by atoms with E-state index in [2.05, 4.69) is 15.3 Å². The SMILES string of the molecule is CNC[C@@H]1Oc2cc(-c3cncnc3)ccc2S(=O)(=O)N([C@@H](C)CO)C[C@H]1C. The summed E-state index contributed by atoms with van der Waals surface area (Å²) in [4.78, 5) is 8.14. The monoisotopic (exact) mass is 406 g/mol. The van der Waals surface area contributed by atoms with Crippen molar-refractivity contribution in [3.8, 4) is 16.9 Å². The Hall–Kier alpha value is -2.07. The fourth-order valence-corrected chi connectivity index (χ4v) is 5.12. The molecule has 2 aromatic rings. The third kappa shape index (κ3) is 4.02. The van der Waals surface area contributed by atoms with Crippen molar-refractivity contribution in [3.05, 3.63) is 36.9 Å². The van der Waals surface area contributed by atoms with Crippen LogP contribution in [0.4, 0.5) is 0 Å². The second-order valence-corrected chi connectivity index (χ2v) is 8.95. The molecule has 0 bridgehead atoms. The summed E-state index contributed by atoms with van der Waals surface area (Å²) < 4.78 is 34.2. The summed E-state index contributed by atoms with van der Waals surface area (Å²) in [6.07, 6.45) is 4.55. The van der Waals surface area contributed by atoms with Gasteiger partial charge in [-0.3, -0.25) is 0 Å². The predicted octanol–water partition coefficient (Wildman–Crippen LogP) is 1.13. The lowest BCUT2D eigenvalue weighted by atomic mass is 10.0. The minimum Gasteiger partial charge on any atom is -0.487 e. The molecule has 0 saturated heterocycles. The van der Waals surface area contributed by atoms with Crippen LogP contribution in [0.15, 0.2) is 41.8 Å². The van der Waals surface area contributed by atoms with Gasteiger partial charge in [0.15, 0.2) is 0 Å². The molecule has 9 heteroatoms. The summed E-state index contributed by atoms with van der Waals surface area (Å²) in [6, 6.07) is 4.46. The number of nitrogens with one attached hydrogen (secondary N) is 1. The molecular weight excluding hydrogens is 380 g/mol. The van der Waals surface area contributed by atoms with Gasteiger partial charge in [0, 0.05) is 43.0 Å². The maximum absolute atomic E-state index is 13.3. The van der Waals surface area contributed by atoms with Crippen molar-refractivity contribution in [1.82, 2.24) is 19.6 Å². The Kier molecular flexibility index (Phi) is 6.29. The summed E-state index contributed by atoms with van der Waals surface area (Å²) in [7, 11) is -2.00. The van der Waals surface area contributed by atoms with Crippen molar-refractivity contribution in [1.29, 1.82) is 0 Å². The van der Waals surface area contributed by atoms with Gasteiger partial charge in [0.2, 0.25) is 10.0 Å². The highest BCUT2D eigenvalue weighted by molar-refractivity contribution is 7.89. The molecule has 2 heterocycles. The maximum Gasteiger partial charge on any atom is 0.247 e. The molecule has 0 aliphatic carbocycles. The van der Waals surface area contributed by atoms with Gasteiger partial charge in [-0.15, -0.1) is 0 Å². The second kappa shape index (κ2) is 8.52. The van der Waals surface area contributed by atoms with E-state index in [9.17, 15) is 13.5 Å². The Labute approximate surface area is 165 Å². The molecule has 0 amide bonds. The Balaban J connectivity index is 2.14. The summed E-state index contributed by atoms with van der Waals surface area (Å²) in [5.74, 6) is 0.219. The van der Waals surface area contributed by atoms with Crippen LogP contribution in [0, 0.1) is 5.92 Å². The van der Waals surface area contributed by atoms with Gasteiger partial charge in [-0.25, -0.2) is 18.4 Å². The molecule has 0 saturated carbocycles. The Bertz CT molecular complexity index is 907. The van der Waals surface area contributed by atoms with Crippen molar-refractivity contribution in [3.63, 3.8) is 0 Å². The predicted molar refractivity (Wildman–Crippen MR) is 105 cm³/mol. The van der Waals surface area contributed by atoms with E-state index >= 15 is 0 Å². The first-order chi connectivity index (χ1) is 13.4. The Morgan fingerprint density at radius 3 is 2.68 bits per heavy atom. The van der Waals surface area contributed by atoms with Crippen LogP contribution in [0.5, 0.6) is 5.75 Å². The molecule has 8 nitrogen and oxygen atoms in total. The third-order valence-electron chi connectivity index (χ3n) is 4.97. The normalized spacial score (nSPS) is 23.1. The highest BCUT2D eigenvalue weighted by Gasteiger charge is 2.37. The first-order valence-corrected chi connectivity index (χ1v) is 10.7. The number of nitrogens with zero attached hydrogens (tertiary/aromatic N) is 3. The fraction of sp³-hybridized carbons (Fsp3) is 0.474. The molecular formula is C19H26N4O4S. The Morgan fingerprint density at radius 1 is 1.32 bits per heavy atom. The zero-order valence-electron chi connectivity index (χ0n) is 16.2. The first kappa shape index (κ1) is 20.7. The fourth-order valence-electron chi connectivity index (χ4n) is 3.30. The molecule has 0 unspecified atom stereocenters. The summed E-state index contributed by atoms with van der Waals surface area (Å²) in [5, 5.41) is 12.7. The molecule has 152 valence electrons. The quantitative estimate of drug-likeness (QED) is 0.767. The molecule has 0 spiro atoms. The minimum atomic E-state index is -3.83. The summed E-state index contributed by atoms with van der Waals surface area (Å²) in [5.41, 5.74) is 1.54. The van der Waals surface area contributed by atoms with Gasteiger partial charge in [0.1, 0.15) is 23.1 Å². The molecule has 1 aromatic heterocycles. The van der Waals surface area contributed by atoms with Crippen LogP contribution in [0.1, 0.15) is 13.8 Å². The van der Waals surface area contributed by atoms with Crippen LogP contribution >= 0.6 is 0 Å². The number of aromatic nitrogens is 2. The van der Waals surface area contributed by atoms with Crippen LogP contribution in [-0.4, -0.2) is 66.7 Å². The largest absolute Gasteiger partial charge is 0.487 e. The standard InChI is InChI=1S/C19H26N4O4S/c1-13-10-23(14(2)11-24)28(25,26)19-5-4-15(16-7-21-12-22-8-16)6-17(19)27-18(13)9-20-3/h4-8,12-14,18,20,24H,9-11H2,1-3H3/t13-,14+,18+/m1/s1. The average Bonchev–Trinajstić information content (AvgIpc) is 2.70. The highest BCUT2D eigenvalue weighted by atomic mass is 32.2. The van der Waals surface area contributed by atoms with Crippen molar-refractivity contribution in [2.24, 2.45) is 5.92 Å². The topological polar surface area (TPSA) is 105 Å². The zero-order chi connectivity index (χ0) is 20.3. The lowest BCUT2D eigenvalue weighted by Gasteiger charge is -2.36. The number of ether oxygens (including phenoxy) is 1. The summed E-state index contributed by atoms with van der Waals surface area (Å²) in [6.45, 7) is 4.24. The lowest BCUT2D eigenvalue weighted by molar-refractivity contribution is 0.103. The number of hydrogen-bond acceptors (Lipinski definition) is 7. The number of sulfonamides is 1. The van der Waals surface area contributed by atoms with Crippen molar-refractivity contribution >= 4 is 10.0 Å². The van der Waals surface area contributed by atoms with E-state index in [0.717, 1.165) is 11.1 Å². The number of fused-ring (bicyclic) bond motifs is 1. The number of aliphatic hydroxyl groups is 1. The highest BCUT2D eigenvalue weighted by Crippen LogP contribution is 2.36. The number of likely N-dealkylation sites (N-methyl/N-ethyl adjacent to an activating group) is 1. The van der Waals surface area contributed by atoms with E-state index in [1.165, 1.54) is 10.6 Å². The van der Waals surface area contributed by atoms with Gasteiger partial charge < -0.3 is 15.2 Å².